The van der Waals surface area contributed by atoms with Crippen LogP contribution in [0.1, 0.15) is 79.2 Å². The molecule has 54 heavy (non-hydrogen) atoms. The summed E-state index contributed by atoms with van der Waals surface area (Å²) in [6, 6.07) is 8.43. The molecule has 2 rings (SSSR count). The number of benzene rings is 1. The maximum Gasteiger partial charge on any atom is 0.247 e. The number of hydrogen-bond acceptors (Lipinski definition) is 8. The average molecular weight is 757 g/mol. The Hall–Kier alpha value is -3.35. The number of carbonyl (C=O) groups excluding carboxylic acids is 4. The van der Waals surface area contributed by atoms with Gasteiger partial charge in [-0.05, 0) is 50.6 Å². The van der Waals surface area contributed by atoms with Gasteiger partial charge < -0.3 is 34.4 Å². The molecule has 306 valence electrons. The highest BCUT2D eigenvalue weighted by atomic mass is 16.5. The first kappa shape index (κ1) is 46.8. The van der Waals surface area contributed by atoms with Crippen LogP contribution in [0.5, 0.6) is 0 Å². The number of nitrogens with one attached hydrogen (secondary N) is 1. The van der Waals surface area contributed by atoms with Crippen LogP contribution < -0.4 is 5.32 Å². The van der Waals surface area contributed by atoms with Crippen molar-refractivity contribution in [2.45, 2.75) is 110 Å². The molecule has 12 heteroatoms. The van der Waals surface area contributed by atoms with Crippen LogP contribution in [0.2, 0.25) is 0 Å². The quantitative estimate of drug-likeness (QED) is 0.136. The highest BCUT2D eigenvalue weighted by Crippen LogP contribution is 2.31. The van der Waals surface area contributed by atoms with Gasteiger partial charge in [0, 0.05) is 80.3 Å². The number of likely N-dealkylation sites (N-methyl/N-ethyl adjacent to an activating group) is 3. The second kappa shape index (κ2) is 22.9. The first-order valence-electron chi connectivity index (χ1n) is 19.8. The molecule has 1 saturated heterocycles. The van der Waals surface area contributed by atoms with Crippen LogP contribution in [0.15, 0.2) is 35.3 Å². The molecular weight excluding hydrogens is 684 g/mol. The molecule has 1 aliphatic heterocycles. The fourth-order valence-electron chi connectivity index (χ4n) is 7.78. The van der Waals surface area contributed by atoms with Crippen molar-refractivity contribution in [1.29, 1.82) is 0 Å². The van der Waals surface area contributed by atoms with E-state index < -0.39 is 30.1 Å². The summed E-state index contributed by atoms with van der Waals surface area (Å²) in [5.74, 6) is -0.526. The van der Waals surface area contributed by atoms with E-state index in [-0.39, 0.29) is 60.1 Å². The Labute approximate surface area is 326 Å². The predicted molar refractivity (Wildman–Crippen MR) is 216 cm³/mol. The number of carbonyl (C=O) groups is 4. The zero-order chi connectivity index (χ0) is 40.7. The smallest absolute Gasteiger partial charge is 0.247 e. The van der Waals surface area contributed by atoms with Gasteiger partial charge in [-0.1, -0.05) is 71.4 Å². The monoisotopic (exact) mass is 757 g/mol. The third-order valence-corrected chi connectivity index (χ3v) is 11.3. The fraction of sp³-hybridized carbons (Fsp3) is 0.738. The topological polar surface area (TPSA) is 124 Å². The van der Waals surface area contributed by atoms with Gasteiger partial charge in [-0.25, -0.2) is 4.99 Å². The molecule has 0 radical (unpaired) electrons. The zero-order valence-electron chi connectivity index (χ0n) is 35.6. The second-order valence-electron chi connectivity index (χ2n) is 15.8. The van der Waals surface area contributed by atoms with Gasteiger partial charge in [0.1, 0.15) is 17.6 Å². The molecule has 1 fully saturated rings. The molecule has 8 atom stereocenters. The molecule has 0 saturated carbocycles. The number of ether oxygens (including phenoxy) is 2. The van der Waals surface area contributed by atoms with Crippen molar-refractivity contribution >= 4 is 29.3 Å². The van der Waals surface area contributed by atoms with E-state index in [1.54, 1.807) is 33.1 Å². The standard InChI is InChI=1S/C42H72N6O6/c1-14-29(4)39(47(11)41(52)38(28(2)3)44-42(45(8)9)46(10)24-22-43-7)36(53-12)27-37(51)48-23-18-21-34(48)40(54-13)30(5)35(50)26-33(31(6)49)25-32-19-16-15-17-20-32/h15-17,19-20,28-30,33-34,36,38-40,43H,14,18,21-27H2,1-13H3/t29-,30-,33+,34-,36+,38-,39-,40+/m0/s1. The van der Waals surface area contributed by atoms with Crippen LogP contribution >= 0.6 is 0 Å². The van der Waals surface area contributed by atoms with E-state index in [9.17, 15) is 19.2 Å². The highest BCUT2D eigenvalue weighted by Gasteiger charge is 2.43. The van der Waals surface area contributed by atoms with Crippen molar-refractivity contribution in [1.82, 2.24) is 24.9 Å². The summed E-state index contributed by atoms with van der Waals surface area (Å²) in [6.45, 7) is 13.6. The summed E-state index contributed by atoms with van der Waals surface area (Å²) in [4.78, 5) is 67.6. The lowest BCUT2D eigenvalue weighted by Crippen LogP contribution is -2.55. The summed E-state index contributed by atoms with van der Waals surface area (Å²) in [6.07, 6.45) is 1.89. The number of aliphatic imine (C=N–C) groups is 1. The van der Waals surface area contributed by atoms with E-state index in [1.807, 2.05) is 94.0 Å². The molecule has 1 aliphatic rings. The van der Waals surface area contributed by atoms with Gasteiger partial charge >= 0.3 is 0 Å². The largest absolute Gasteiger partial charge is 0.379 e. The number of Topliss-reactive ketones (excluding diaryl/α,β-unsaturated/α-hetero) is 2. The van der Waals surface area contributed by atoms with E-state index in [4.69, 9.17) is 14.5 Å². The van der Waals surface area contributed by atoms with Gasteiger partial charge in [-0.15, -0.1) is 0 Å². The van der Waals surface area contributed by atoms with Crippen molar-refractivity contribution in [2.75, 3.05) is 69.1 Å². The Morgan fingerprint density at radius 1 is 0.981 bits per heavy atom. The fourth-order valence-corrected chi connectivity index (χ4v) is 7.78. The maximum absolute atomic E-state index is 14.4. The van der Waals surface area contributed by atoms with Crippen molar-refractivity contribution in [2.24, 2.45) is 28.7 Å². The number of guanidine groups is 1. The van der Waals surface area contributed by atoms with E-state index >= 15 is 0 Å². The number of nitrogens with zero attached hydrogens (tertiary/aromatic N) is 5. The van der Waals surface area contributed by atoms with Crippen molar-refractivity contribution in [3.05, 3.63) is 35.9 Å². The Bertz CT molecular complexity index is 1360. The summed E-state index contributed by atoms with van der Waals surface area (Å²) >= 11 is 0. The molecular formula is C42H72N6O6. The minimum Gasteiger partial charge on any atom is -0.379 e. The van der Waals surface area contributed by atoms with Gasteiger partial charge in [-0.3, -0.25) is 19.2 Å². The number of methoxy groups -OCH3 is 2. The molecule has 0 aliphatic carbocycles. The van der Waals surface area contributed by atoms with Crippen LogP contribution in [-0.2, 0) is 35.1 Å². The van der Waals surface area contributed by atoms with Gasteiger partial charge in [0.2, 0.25) is 11.8 Å². The summed E-state index contributed by atoms with van der Waals surface area (Å²) in [5.41, 5.74) is 1.02. The number of amides is 2. The summed E-state index contributed by atoms with van der Waals surface area (Å²) in [5, 5.41) is 3.17. The van der Waals surface area contributed by atoms with E-state index in [0.29, 0.717) is 19.4 Å². The highest BCUT2D eigenvalue weighted by molar-refractivity contribution is 5.89. The minimum absolute atomic E-state index is 0.0162. The number of hydrogen-bond donors (Lipinski definition) is 1. The van der Waals surface area contributed by atoms with Crippen molar-refractivity contribution in [3.8, 4) is 0 Å². The molecule has 0 aromatic heterocycles. The van der Waals surface area contributed by atoms with Gasteiger partial charge in [0.15, 0.2) is 5.96 Å². The molecule has 12 nitrogen and oxygen atoms in total. The molecule has 2 amide bonds. The SMILES string of the molecule is CC[C@H](C)[C@@H]([C@@H](CC(=O)N1CCC[C@H]1[C@H](OC)[C@@H](C)C(=O)C[C@@H](Cc1ccccc1)C(C)=O)OC)N(C)C(=O)[C@@H](N=C(N(C)C)N(C)CCNC)C(C)C. The third-order valence-electron chi connectivity index (χ3n) is 11.3. The minimum atomic E-state index is -0.635. The zero-order valence-corrected chi connectivity index (χ0v) is 35.6. The number of likely N-dealkylation sites (tertiary alicyclic amines) is 1. The summed E-state index contributed by atoms with van der Waals surface area (Å²) < 4.78 is 12.1. The first-order valence-corrected chi connectivity index (χ1v) is 19.8. The molecule has 1 aromatic rings. The van der Waals surface area contributed by atoms with Gasteiger partial charge in [0.05, 0.1) is 30.7 Å². The van der Waals surface area contributed by atoms with Crippen LogP contribution in [0.25, 0.3) is 0 Å². The number of ketones is 2. The van der Waals surface area contributed by atoms with E-state index in [1.165, 1.54) is 0 Å². The van der Waals surface area contributed by atoms with Crippen LogP contribution in [-0.4, -0.2) is 148 Å². The molecule has 0 spiro atoms. The molecule has 1 aromatic carbocycles. The van der Waals surface area contributed by atoms with E-state index in [0.717, 1.165) is 37.5 Å². The van der Waals surface area contributed by atoms with E-state index in [2.05, 4.69) is 19.2 Å². The van der Waals surface area contributed by atoms with Crippen LogP contribution in [0.4, 0.5) is 0 Å². The lowest BCUT2D eigenvalue weighted by atomic mass is 9.84. The molecule has 0 bridgehead atoms. The number of rotatable bonds is 22. The Kier molecular flexibility index (Phi) is 19.8. The van der Waals surface area contributed by atoms with Crippen molar-refractivity contribution < 1.29 is 28.7 Å². The van der Waals surface area contributed by atoms with Crippen LogP contribution in [0.3, 0.4) is 0 Å². The first-order chi connectivity index (χ1) is 25.5. The third kappa shape index (κ3) is 12.9. The van der Waals surface area contributed by atoms with Crippen LogP contribution in [0, 0.1) is 23.7 Å². The summed E-state index contributed by atoms with van der Waals surface area (Å²) in [7, 11) is 12.7. The van der Waals surface area contributed by atoms with Gasteiger partial charge in [-0.2, -0.15) is 0 Å². The normalized spacial score (nSPS) is 18.7. The lowest BCUT2D eigenvalue weighted by molar-refractivity contribution is -0.146. The maximum atomic E-state index is 14.4. The van der Waals surface area contributed by atoms with Crippen molar-refractivity contribution in [3.63, 3.8) is 0 Å². The average Bonchev–Trinajstić information content (AvgIpc) is 3.63. The Morgan fingerprint density at radius 2 is 1.63 bits per heavy atom. The predicted octanol–water partition coefficient (Wildman–Crippen LogP) is 4.41. The molecule has 1 N–H and O–H groups in total. The Morgan fingerprint density at radius 3 is 2.15 bits per heavy atom. The lowest BCUT2D eigenvalue weighted by Gasteiger charge is -2.40. The second-order valence-corrected chi connectivity index (χ2v) is 15.8. The van der Waals surface area contributed by atoms with Gasteiger partial charge in [0.25, 0.3) is 0 Å². The molecule has 0 unspecified atom stereocenters. The Balaban J connectivity index is 2.31. The molecule has 1 heterocycles.